The van der Waals surface area contributed by atoms with Gasteiger partial charge in [-0.15, -0.1) is 4.37 Å². The average molecular weight is 327 g/mol. The normalized spacial score (nSPS) is 22.5. The number of aromatic nitrogens is 2. The van der Waals surface area contributed by atoms with E-state index in [0.717, 1.165) is 30.4 Å². The third-order valence-electron chi connectivity index (χ3n) is 4.00. The van der Waals surface area contributed by atoms with E-state index in [9.17, 15) is 4.79 Å². The molecule has 0 N–H and O–H groups in total. The van der Waals surface area contributed by atoms with Gasteiger partial charge in [-0.05, 0) is 53.9 Å². The standard InChI is InChI=1S/C15H25N3O3S/c1-6-20-14(19)15(4,5)21-13-12(16-22-17-13)18-10(2)8-7-9-11(18)3/h10-11H,6-9H2,1-5H3. The van der Waals surface area contributed by atoms with Gasteiger partial charge in [-0.1, -0.05) is 0 Å². The number of ether oxygens (including phenoxy) is 2. The molecule has 1 aliphatic heterocycles. The van der Waals surface area contributed by atoms with Gasteiger partial charge in [0.25, 0.3) is 5.88 Å². The van der Waals surface area contributed by atoms with E-state index >= 15 is 0 Å². The maximum absolute atomic E-state index is 12.0. The molecule has 124 valence electrons. The molecule has 2 heterocycles. The number of nitrogens with zero attached hydrogens (tertiary/aromatic N) is 3. The van der Waals surface area contributed by atoms with Gasteiger partial charge in [0.2, 0.25) is 11.4 Å². The number of hydrogen-bond acceptors (Lipinski definition) is 7. The zero-order valence-electron chi connectivity index (χ0n) is 14.0. The van der Waals surface area contributed by atoms with E-state index in [0.29, 0.717) is 24.6 Å². The lowest BCUT2D eigenvalue weighted by atomic mass is 9.98. The van der Waals surface area contributed by atoms with Gasteiger partial charge in [0.1, 0.15) is 0 Å². The Balaban J connectivity index is 2.20. The third kappa shape index (κ3) is 3.51. The van der Waals surface area contributed by atoms with E-state index in [1.165, 1.54) is 6.42 Å². The van der Waals surface area contributed by atoms with Crippen molar-refractivity contribution in [3.05, 3.63) is 0 Å². The molecule has 0 spiro atoms. The van der Waals surface area contributed by atoms with E-state index in [1.54, 1.807) is 20.8 Å². The van der Waals surface area contributed by atoms with E-state index < -0.39 is 11.6 Å². The summed E-state index contributed by atoms with van der Waals surface area (Å²) in [6.45, 7) is 9.87. The SMILES string of the molecule is CCOC(=O)C(C)(C)Oc1nsnc1N1C(C)CCCC1C. The van der Waals surface area contributed by atoms with Gasteiger partial charge in [-0.2, -0.15) is 4.37 Å². The predicted molar refractivity (Wildman–Crippen MR) is 86.5 cm³/mol. The van der Waals surface area contributed by atoms with Crippen molar-refractivity contribution < 1.29 is 14.3 Å². The molecule has 0 aromatic carbocycles. The summed E-state index contributed by atoms with van der Waals surface area (Å²) in [5, 5.41) is 0. The fourth-order valence-corrected chi connectivity index (χ4v) is 3.31. The molecule has 1 aromatic rings. The maximum atomic E-state index is 12.0. The molecule has 0 bridgehead atoms. The summed E-state index contributed by atoms with van der Waals surface area (Å²) >= 11 is 1.11. The van der Waals surface area contributed by atoms with Gasteiger partial charge in [-0.25, -0.2) is 4.79 Å². The number of hydrogen-bond donors (Lipinski definition) is 0. The minimum absolute atomic E-state index is 0.327. The summed E-state index contributed by atoms with van der Waals surface area (Å²) in [6.07, 6.45) is 3.48. The molecule has 2 rings (SSSR count). The van der Waals surface area contributed by atoms with Gasteiger partial charge in [-0.3, -0.25) is 0 Å². The Kier molecular flexibility index (Phi) is 5.26. The number of anilines is 1. The van der Waals surface area contributed by atoms with Crippen LogP contribution in [0.15, 0.2) is 0 Å². The second-order valence-electron chi connectivity index (χ2n) is 6.26. The van der Waals surface area contributed by atoms with Crippen LogP contribution in [-0.2, 0) is 9.53 Å². The first-order valence-corrected chi connectivity index (χ1v) is 8.57. The smallest absolute Gasteiger partial charge is 0.349 e. The van der Waals surface area contributed by atoms with Crippen molar-refractivity contribution in [2.75, 3.05) is 11.5 Å². The first-order chi connectivity index (χ1) is 10.4. The molecular formula is C15H25N3O3S. The number of piperidine rings is 1. The van der Waals surface area contributed by atoms with E-state index in [-0.39, 0.29) is 0 Å². The molecule has 22 heavy (non-hydrogen) atoms. The summed E-state index contributed by atoms with van der Waals surface area (Å²) in [5.74, 6) is 0.763. The van der Waals surface area contributed by atoms with Crippen molar-refractivity contribution in [2.24, 2.45) is 0 Å². The molecule has 1 fully saturated rings. The van der Waals surface area contributed by atoms with Gasteiger partial charge < -0.3 is 14.4 Å². The van der Waals surface area contributed by atoms with Crippen LogP contribution in [0, 0.1) is 0 Å². The minimum Gasteiger partial charge on any atom is -0.463 e. The molecule has 0 aliphatic carbocycles. The van der Waals surface area contributed by atoms with Crippen LogP contribution in [0.3, 0.4) is 0 Å². The highest BCUT2D eigenvalue weighted by Gasteiger charge is 2.36. The Morgan fingerprint density at radius 1 is 1.32 bits per heavy atom. The monoisotopic (exact) mass is 327 g/mol. The number of carbonyl (C=O) groups is 1. The molecule has 6 nitrogen and oxygen atoms in total. The summed E-state index contributed by atoms with van der Waals surface area (Å²) < 4.78 is 19.6. The van der Waals surface area contributed by atoms with Crippen LogP contribution in [0.5, 0.6) is 5.88 Å². The predicted octanol–water partition coefficient (Wildman–Crippen LogP) is 3.03. The van der Waals surface area contributed by atoms with Gasteiger partial charge in [0.15, 0.2) is 0 Å². The third-order valence-corrected chi connectivity index (χ3v) is 4.50. The van der Waals surface area contributed by atoms with Crippen LogP contribution >= 0.6 is 11.7 Å². The molecule has 0 radical (unpaired) electrons. The molecule has 2 atom stereocenters. The summed E-state index contributed by atoms with van der Waals surface area (Å²) in [4.78, 5) is 14.3. The van der Waals surface area contributed by atoms with Crippen molar-refractivity contribution in [3.63, 3.8) is 0 Å². The van der Waals surface area contributed by atoms with Crippen molar-refractivity contribution in [1.82, 2.24) is 8.75 Å². The zero-order chi connectivity index (χ0) is 16.3. The highest BCUT2D eigenvalue weighted by Crippen LogP contribution is 2.35. The lowest BCUT2D eigenvalue weighted by Crippen LogP contribution is -2.45. The highest BCUT2D eigenvalue weighted by molar-refractivity contribution is 6.99. The van der Waals surface area contributed by atoms with Gasteiger partial charge in [0.05, 0.1) is 18.3 Å². The van der Waals surface area contributed by atoms with Gasteiger partial charge in [0, 0.05) is 12.1 Å². The first kappa shape index (κ1) is 17.0. The molecule has 1 aromatic heterocycles. The van der Waals surface area contributed by atoms with Crippen LogP contribution in [0.25, 0.3) is 0 Å². The van der Waals surface area contributed by atoms with Crippen molar-refractivity contribution in [2.45, 2.75) is 71.6 Å². The minimum atomic E-state index is -1.08. The molecular weight excluding hydrogens is 302 g/mol. The van der Waals surface area contributed by atoms with Crippen LogP contribution in [0.2, 0.25) is 0 Å². The average Bonchev–Trinajstić information content (AvgIpc) is 2.86. The zero-order valence-corrected chi connectivity index (χ0v) is 14.8. The van der Waals surface area contributed by atoms with Gasteiger partial charge >= 0.3 is 5.97 Å². The molecule has 7 heteroatoms. The summed E-state index contributed by atoms with van der Waals surface area (Å²) in [5.41, 5.74) is -1.08. The largest absolute Gasteiger partial charge is 0.463 e. The number of esters is 1. The molecule has 0 amide bonds. The van der Waals surface area contributed by atoms with Crippen molar-refractivity contribution in [1.29, 1.82) is 0 Å². The van der Waals surface area contributed by atoms with Crippen LogP contribution < -0.4 is 9.64 Å². The quantitative estimate of drug-likeness (QED) is 0.775. The fourth-order valence-electron chi connectivity index (χ4n) is 2.82. The van der Waals surface area contributed by atoms with Crippen molar-refractivity contribution in [3.8, 4) is 5.88 Å². The first-order valence-electron chi connectivity index (χ1n) is 7.84. The van der Waals surface area contributed by atoms with Crippen LogP contribution in [0.4, 0.5) is 5.82 Å². The maximum Gasteiger partial charge on any atom is 0.349 e. The Labute approximate surface area is 136 Å². The topological polar surface area (TPSA) is 64.5 Å². The van der Waals surface area contributed by atoms with Crippen molar-refractivity contribution >= 4 is 23.5 Å². The molecule has 1 aliphatic rings. The summed E-state index contributed by atoms with van der Waals surface area (Å²) in [7, 11) is 0. The molecule has 0 saturated carbocycles. The number of rotatable bonds is 5. The van der Waals surface area contributed by atoms with Crippen LogP contribution in [0.1, 0.15) is 53.9 Å². The second-order valence-corrected chi connectivity index (χ2v) is 6.79. The molecule has 1 saturated heterocycles. The molecule has 2 unspecified atom stereocenters. The Bertz CT molecular complexity index is 508. The Hall–Kier alpha value is -1.37. The fraction of sp³-hybridized carbons (Fsp3) is 0.800. The van der Waals surface area contributed by atoms with E-state index in [2.05, 4.69) is 27.5 Å². The van der Waals surface area contributed by atoms with E-state index in [4.69, 9.17) is 9.47 Å². The number of carbonyl (C=O) groups excluding carboxylic acids is 1. The Morgan fingerprint density at radius 3 is 2.55 bits per heavy atom. The highest BCUT2D eigenvalue weighted by atomic mass is 32.1. The van der Waals surface area contributed by atoms with E-state index in [1.807, 2.05) is 0 Å². The lowest BCUT2D eigenvalue weighted by Gasteiger charge is -2.39. The second kappa shape index (κ2) is 6.81. The lowest BCUT2D eigenvalue weighted by molar-refractivity contribution is -0.158. The Morgan fingerprint density at radius 2 is 1.95 bits per heavy atom. The van der Waals surface area contributed by atoms with Crippen LogP contribution in [-0.4, -0.2) is 39.0 Å². The summed E-state index contributed by atoms with van der Waals surface area (Å²) in [6, 6.07) is 0.779.